The minimum atomic E-state index is 0.142. The molecule has 0 saturated carbocycles. The van der Waals surface area contributed by atoms with E-state index in [1.54, 1.807) is 6.92 Å². The predicted molar refractivity (Wildman–Crippen MR) is 146 cm³/mol. The number of piperidine rings is 1. The third-order valence-electron chi connectivity index (χ3n) is 8.88. The molecular weight excluding hydrogens is 478 g/mol. The summed E-state index contributed by atoms with van der Waals surface area (Å²) in [5.41, 5.74) is 8.98. The van der Waals surface area contributed by atoms with Crippen molar-refractivity contribution in [2.45, 2.75) is 57.5 Å². The summed E-state index contributed by atoms with van der Waals surface area (Å²) in [5, 5.41) is 13.3. The van der Waals surface area contributed by atoms with Gasteiger partial charge < -0.3 is 19.9 Å². The zero-order chi connectivity index (χ0) is 25.8. The lowest BCUT2D eigenvalue weighted by Gasteiger charge is -2.35. The average Bonchev–Trinajstić information content (AvgIpc) is 3.51. The summed E-state index contributed by atoms with van der Waals surface area (Å²) in [4.78, 5) is 16.8. The first kappa shape index (κ1) is 23.9. The molecule has 1 N–H and O–H groups in total. The first-order valence-electron chi connectivity index (χ1n) is 14.1. The number of nitrogens with one attached hydrogen (secondary N) is 1. The fourth-order valence-corrected chi connectivity index (χ4v) is 6.70. The fraction of sp³-hybridized carbons (Fsp3) is 0.552. The lowest BCUT2D eigenvalue weighted by Crippen LogP contribution is -2.36. The van der Waals surface area contributed by atoms with E-state index in [0.29, 0.717) is 18.5 Å². The summed E-state index contributed by atoms with van der Waals surface area (Å²) in [6, 6.07) is 5.22. The summed E-state index contributed by atoms with van der Waals surface area (Å²) in [5.74, 6) is 1.59. The highest BCUT2D eigenvalue weighted by Crippen LogP contribution is 2.44. The minimum absolute atomic E-state index is 0.142. The Hall–Kier alpha value is -3.17. The average molecular weight is 516 g/mol. The zero-order valence-corrected chi connectivity index (χ0v) is 22.4. The van der Waals surface area contributed by atoms with Gasteiger partial charge in [0.1, 0.15) is 0 Å². The molecular formula is C29H37N7O2. The molecule has 0 atom stereocenters. The Labute approximate surface area is 223 Å². The third kappa shape index (κ3) is 4.03. The first-order valence-corrected chi connectivity index (χ1v) is 14.1. The molecule has 1 aromatic carbocycles. The van der Waals surface area contributed by atoms with Crippen LogP contribution >= 0.6 is 0 Å². The highest BCUT2D eigenvalue weighted by atomic mass is 16.5. The Morgan fingerprint density at radius 3 is 2.68 bits per heavy atom. The van der Waals surface area contributed by atoms with Crippen LogP contribution in [0.15, 0.2) is 24.5 Å². The Balaban J connectivity index is 1.35. The molecule has 2 saturated heterocycles. The largest absolute Gasteiger partial charge is 0.380 e. The Morgan fingerprint density at radius 1 is 1.13 bits per heavy atom. The fourth-order valence-electron chi connectivity index (χ4n) is 6.70. The monoisotopic (exact) mass is 515 g/mol. The van der Waals surface area contributed by atoms with E-state index in [1.807, 2.05) is 22.8 Å². The molecule has 9 nitrogen and oxygen atoms in total. The number of ether oxygens (including phenoxy) is 1. The highest BCUT2D eigenvalue weighted by molar-refractivity contribution is 5.78. The van der Waals surface area contributed by atoms with Gasteiger partial charge in [-0.25, -0.2) is 0 Å². The maximum Gasteiger partial charge on any atom is 0.219 e. The standard InChI is InChI=1S/C29H37N7O2/c1-19(37)34-11-7-27-26(16-34)29(32-36(27)23-5-8-30-9-6-23)35-10-3-4-20-12-24(21-14-31-33(2)15-21)25(13-28(20)35)22-17-38-18-22/h12-15,22-23,30H,3-11,16-18H2,1-2H3. The maximum absolute atomic E-state index is 12.4. The lowest BCUT2D eigenvalue weighted by atomic mass is 9.86. The second-order valence-corrected chi connectivity index (χ2v) is 11.3. The number of hydrogen-bond acceptors (Lipinski definition) is 6. The molecule has 0 aliphatic carbocycles. The van der Waals surface area contributed by atoms with E-state index in [2.05, 4.69) is 38.3 Å². The molecule has 3 aromatic rings. The Kier molecular flexibility index (Phi) is 6.00. The van der Waals surface area contributed by atoms with Gasteiger partial charge in [0.05, 0.1) is 32.0 Å². The van der Waals surface area contributed by atoms with Crippen LogP contribution in [0, 0.1) is 0 Å². The summed E-state index contributed by atoms with van der Waals surface area (Å²) in [6.45, 7) is 7.64. The summed E-state index contributed by atoms with van der Waals surface area (Å²) >= 11 is 0. The number of nitrogens with zero attached hydrogens (tertiary/aromatic N) is 6. The number of carbonyl (C=O) groups is 1. The number of aromatic nitrogens is 4. The molecule has 0 unspecified atom stereocenters. The molecule has 2 fully saturated rings. The van der Waals surface area contributed by atoms with E-state index in [0.717, 1.165) is 77.3 Å². The van der Waals surface area contributed by atoms with Crippen LogP contribution in [-0.2, 0) is 36.0 Å². The normalized spacial score (nSPS) is 20.3. The molecule has 0 spiro atoms. The lowest BCUT2D eigenvalue weighted by molar-refractivity contribution is -0.129. The van der Waals surface area contributed by atoms with E-state index in [-0.39, 0.29) is 5.91 Å². The highest BCUT2D eigenvalue weighted by Gasteiger charge is 2.34. The van der Waals surface area contributed by atoms with Crippen molar-refractivity contribution in [3.05, 3.63) is 46.9 Å². The Bertz CT molecular complexity index is 1370. The van der Waals surface area contributed by atoms with Gasteiger partial charge in [0, 0.05) is 68.1 Å². The van der Waals surface area contributed by atoms with Crippen LogP contribution in [0.2, 0.25) is 0 Å². The number of fused-ring (bicyclic) bond motifs is 2. The van der Waals surface area contributed by atoms with Crippen molar-refractivity contribution in [1.29, 1.82) is 0 Å². The van der Waals surface area contributed by atoms with Gasteiger partial charge in [0.2, 0.25) is 5.91 Å². The number of anilines is 2. The number of carbonyl (C=O) groups excluding carboxylic acids is 1. The molecule has 38 heavy (non-hydrogen) atoms. The number of aryl methyl sites for hydroxylation is 2. The van der Waals surface area contributed by atoms with Crippen molar-refractivity contribution in [1.82, 2.24) is 29.8 Å². The van der Waals surface area contributed by atoms with Crippen LogP contribution < -0.4 is 10.2 Å². The first-order chi connectivity index (χ1) is 18.6. The van der Waals surface area contributed by atoms with Gasteiger partial charge in [-0.3, -0.25) is 14.2 Å². The molecule has 4 aliphatic heterocycles. The van der Waals surface area contributed by atoms with Crippen LogP contribution in [0.1, 0.15) is 60.5 Å². The van der Waals surface area contributed by atoms with Crippen molar-refractivity contribution in [2.24, 2.45) is 7.05 Å². The second kappa shape index (κ2) is 9.54. The zero-order valence-electron chi connectivity index (χ0n) is 22.4. The van der Waals surface area contributed by atoms with Gasteiger partial charge in [0.25, 0.3) is 0 Å². The van der Waals surface area contributed by atoms with E-state index in [9.17, 15) is 4.79 Å². The predicted octanol–water partition coefficient (Wildman–Crippen LogP) is 3.31. The van der Waals surface area contributed by atoms with Gasteiger partial charge in [-0.2, -0.15) is 10.2 Å². The molecule has 1 amide bonds. The quantitative estimate of drug-likeness (QED) is 0.574. The van der Waals surface area contributed by atoms with Crippen molar-refractivity contribution < 1.29 is 9.53 Å². The van der Waals surface area contributed by atoms with Gasteiger partial charge in [-0.15, -0.1) is 0 Å². The molecule has 4 aliphatic rings. The van der Waals surface area contributed by atoms with Crippen molar-refractivity contribution >= 4 is 17.4 Å². The minimum Gasteiger partial charge on any atom is -0.380 e. The summed E-state index contributed by atoms with van der Waals surface area (Å²) < 4.78 is 9.84. The SMILES string of the molecule is CC(=O)N1CCc2c(c(N3CCCc4cc(-c5cnn(C)c5)c(C5COC5)cc43)nn2C2CCNCC2)C1. The molecule has 0 radical (unpaired) electrons. The molecule has 200 valence electrons. The van der Waals surface area contributed by atoms with Crippen LogP contribution in [0.3, 0.4) is 0 Å². The van der Waals surface area contributed by atoms with Crippen molar-refractivity contribution in [3.63, 3.8) is 0 Å². The maximum atomic E-state index is 12.4. The van der Waals surface area contributed by atoms with E-state index >= 15 is 0 Å². The molecule has 0 bridgehead atoms. The van der Waals surface area contributed by atoms with E-state index < -0.39 is 0 Å². The number of hydrogen-bond donors (Lipinski definition) is 1. The summed E-state index contributed by atoms with van der Waals surface area (Å²) in [6.07, 6.45) is 9.28. The van der Waals surface area contributed by atoms with Crippen molar-refractivity contribution in [3.8, 4) is 11.1 Å². The van der Waals surface area contributed by atoms with Crippen LogP contribution in [0.5, 0.6) is 0 Å². The number of rotatable bonds is 4. The molecule has 9 heteroatoms. The number of benzene rings is 1. The van der Waals surface area contributed by atoms with Crippen LogP contribution in [0.4, 0.5) is 11.5 Å². The van der Waals surface area contributed by atoms with Crippen molar-refractivity contribution in [2.75, 3.05) is 44.3 Å². The Morgan fingerprint density at radius 2 is 1.97 bits per heavy atom. The van der Waals surface area contributed by atoms with Crippen LogP contribution in [-0.4, -0.2) is 69.8 Å². The molecule has 2 aromatic heterocycles. The van der Waals surface area contributed by atoms with Gasteiger partial charge in [0.15, 0.2) is 5.82 Å². The second-order valence-electron chi connectivity index (χ2n) is 11.3. The van der Waals surface area contributed by atoms with E-state index in [1.165, 1.54) is 39.2 Å². The molecule has 7 rings (SSSR count). The van der Waals surface area contributed by atoms with Gasteiger partial charge in [-0.1, -0.05) is 0 Å². The van der Waals surface area contributed by atoms with E-state index in [4.69, 9.17) is 9.84 Å². The summed E-state index contributed by atoms with van der Waals surface area (Å²) in [7, 11) is 1.97. The smallest absolute Gasteiger partial charge is 0.219 e. The van der Waals surface area contributed by atoms with Gasteiger partial charge >= 0.3 is 0 Å². The topological polar surface area (TPSA) is 80.5 Å². The third-order valence-corrected chi connectivity index (χ3v) is 8.88. The number of amides is 1. The molecule has 6 heterocycles. The van der Waals surface area contributed by atoms with Crippen LogP contribution in [0.25, 0.3) is 11.1 Å². The van der Waals surface area contributed by atoms with Gasteiger partial charge in [-0.05, 0) is 67.6 Å².